The van der Waals surface area contributed by atoms with Crippen molar-refractivity contribution < 1.29 is 0 Å². The highest BCUT2D eigenvalue weighted by atomic mass is 32.2. The fraction of sp³-hybridized carbons (Fsp3) is 0.143. The van der Waals surface area contributed by atoms with Crippen molar-refractivity contribution in [1.29, 1.82) is 0 Å². The average Bonchev–Trinajstić information content (AvgIpc) is 2.29. The first-order valence-corrected chi connectivity index (χ1v) is 6.13. The number of nitrogens with two attached hydrogens (primary N) is 1. The van der Waals surface area contributed by atoms with E-state index in [9.17, 15) is 0 Å². The van der Waals surface area contributed by atoms with Crippen LogP contribution in [0.2, 0.25) is 0 Å². The van der Waals surface area contributed by atoms with Crippen molar-refractivity contribution in [3.8, 4) is 0 Å². The van der Waals surface area contributed by atoms with Crippen LogP contribution < -0.4 is 5.73 Å². The molecule has 16 heavy (non-hydrogen) atoms. The van der Waals surface area contributed by atoms with E-state index in [0.29, 0.717) is 6.54 Å². The van der Waals surface area contributed by atoms with E-state index < -0.39 is 0 Å². The van der Waals surface area contributed by atoms with Crippen LogP contribution in [0, 0.1) is 6.92 Å². The van der Waals surface area contributed by atoms with Gasteiger partial charge in [-0.3, -0.25) is 0 Å². The standard InChI is InChI=1S/C14H15NS/c1-11-4-2-6-13(8-11)16-14-7-3-5-12(9-14)10-15/h2-9H,10,15H2,1H3. The Morgan fingerprint density at radius 3 is 2.38 bits per heavy atom. The molecular formula is C14H15NS. The largest absolute Gasteiger partial charge is 0.326 e. The van der Waals surface area contributed by atoms with Gasteiger partial charge in [0, 0.05) is 16.3 Å². The van der Waals surface area contributed by atoms with Crippen molar-refractivity contribution in [3.63, 3.8) is 0 Å². The van der Waals surface area contributed by atoms with Crippen molar-refractivity contribution in [3.05, 3.63) is 59.7 Å². The van der Waals surface area contributed by atoms with Gasteiger partial charge in [0.1, 0.15) is 0 Å². The second-order valence-corrected chi connectivity index (χ2v) is 4.92. The van der Waals surface area contributed by atoms with Gasteiger partial charge in [-0.05, 0) is 36.8 Å². The quantitative estimate of drug-likeness (QED) is 0.870. The van der Waals surface area contributed by atoms with Crippen LogP contribution in [0.5, 0.6) is 0 Å². The number of aryl methyl sites for hydroxylation is 1. The molecule has 0 aliphatic rings. The molecule has 0 saturated heterocycles. The second kappa shape index (κ2) is 5.19. The Morgan fingerprint density at radius 2 is 1.69 bits per heavy atom. The van der Waals surface area contributed by atoms with Crippen molar-refractivity contribution in [2.45, 2.75) is 23.3 Å². The highest BCUT2D eigenvalue weighted by molar-refractivity contribution is 7.99. The Morgan fingerprint density at radius 1 is 1.00 bits per heavy atom. The molecule has 0 unspecified atom stereocenters. The van der Waals surface area contributed by atoms with Crippen molar-refractivity contribution in [2.24, 2.45) is 5.73 Å². The number of hydrogen-bond acceptors (Lipinski definition) is 2. The van der Waals surface area contributed by atoms with Crippen LogP contribution in [0.25, 0.3) is 0 Å². The first kappa shape index (κ1) is 11.2. The molecule has 0 amide bonds. The summed E-state index contributed by atoms with van der Waals surface area (Å²) in [6, 6.07) is 16.9. The maximum atomic E-state index is 5.63. The SMILES string of the molecule is Cc1cccc(Sc2cccc(CN)c2)c1. The van der Waals surface area contributed by atoms with Crippen molar-refractivity contribution in [2.75, 3.05) is 0 Å². The van der Waals surface area contributed by atoms with E-state index in [1.54, 1.807) is 11.8 Å². The molecule has 1 nitrogen and oxygen atoms in total. The van der Waals surface area contributed by atoms with E-state index in [0.717, 1.165) is 0 Å². The van der Waals surface area contributed by atoms with E-state index in [1.165, 1.54) is 20.9 Å². The van der Waals surface area contributed by atoms with Gasteiger partial charge in [-0.1, -0.05) is 41.6 Å². The zero-order chi connectivity index (χ0) is 11.4. The Bertz CT molecular complexity index is 480. The zero-order valence-electron chi connectivity index (χ0n) is 9.31. The monoisotopic (exact) mass is 229 g/mol. The lowest BCUT2D eigenvalue weighted by molar-refractivity contribution is 1.06. The fourth-order valence-corrected chi connectivity index (χ4v) is 2.57. The lowest BCUT2D eigenvalue weighted by Crippen LogP contribution is -1.95. The van der Waals surface area contributed by atoms with E-state index in [-0.39, 0.29) is 0 Å². The van der Waals surface area contributed by atoms with Crippen LogP contribution in [0.1, 0.15) is 11.1 Å². The van der Waals surface area contributed by atoms with Crippen LogP contribution in [-0.2, 0) is 6.54 Å². The van der Waals surface area contributed by atoms with Gasteiger partial charge in [-0.15, -0.1) is 0 Å². The zero-order valence-corrected chi connectivity index (χ0v) is 10.1. The van der Waals surface area contributed by atoms with Gasteiger partial charge in [0.25, 0.3) is 0 Å². The molecule has 0 heterocycles. The third-order valence-electron chi connectivity index (χ3n) is 2.36. The van der Waals surface area contributed by atoms with E-state index in [2.05, 4.69) is 55.5 Å². The van der Waals surface area contributed by atoms with Crippen molar-refractivity contribution in [1.82, 2.24) is 0 Å². The lowest BCUT2D eigenvalue weighted by Gasteiger charge is -2.04. The summed E-state index contributed by atoms with van der Waals surface area (Å²) in [5.41, 5.74) is 8.10. The third kappa shape index (κ3) is 2.87. The first-order valence-electron chi connectivity index (χ1n) is 5.31. The van der Waals surface area contributed by atoms with Gasteiger partial charge in [0.15, 0.2) is 0 Å². The predicted octanol–water partition coefficient (Wildman–Crippen LogP) is 3.60. The molecule has 0 aliphatic heterocycles. The first-order chi connectivity index (χ1) is 7.78. The normalized spacial score (nSPS) is 10.4. The molecule has 0 fully saturated rings. The Hall–Kier alpha value is -1.25. The summed E-state index contributed by atoms with van der Waals surface area (Å²) < 4.78 is 0. The number of rotatable bonds is 3. The molecule has 0 spiro atoms. The third-order valence-corrected chi connectivity index (χ3v) is 3.34. The summed E-state index contributed by atoms with van der Waals surface area (Å²) in [6.45, 7) is 2.71. The van der Waals surface area contributed by atoms with E-state index in [4.69, 9.17) is 5.73 Å². The lowest BCUT2D eigenvalue weighted by atomic mass is 10.2. The smallest absolute Gasteiger partial charge is 0.0178 e. The molecule has 0 aromatic heterocycles. The molecule has 2 heteroatoms. The van der Waals surface area contributed by atoms with Crippen LogP contribution >= 0.6 is 11.8 Å². The second-order valence-electron chi connectivity index (χ2n) is 3.77. The molecule has 82 valence electrons. The Labute approximate surface area is 101 Å². The Balaban J connectivity index is 2.20. The number of hydrogen-bond donors (Lipinski definition) is 1. The molecule has 2 rings (SSSR count). The van der Waals surface area contributed by atoms with Gasteiger partial charge in [-0.2, -0.15) is 0 Å². The average molecular weight is 229 g/mol. The van der Waals surface area contributed by atoms with Crippen LogP contribution in [0.3, 0.4) is 0 Å². The van der Waals surface area contributed by atoms with Gasteiger partial charge < -0.3 is 5.73 Å². The number of benzene rings is 2. The molecule has 2 aromatic rings. The fourth-order valence-electron chi connectivity index (χ4n) is 1.55. The van der Waals surface area contributed by atoms with Crippen LogP contribution in [-0.4, -0.2) is 0 Å². The molecular weight excluding hydrogens is 214 g/mol. The molecule has 0 saturated carbocycles. The minimum atomic E-state index is 0.599. The summed E-state index contributed by atoms with van der Waals surface area (Å²) >= 11 is 1.78. The van der Waals surface area contributed by atoms with E-state index >= 15 is 0 Å². The maximum absolute atomic E-state index is 5.63. The Kier molecular flexibility index (Phi) is 3.65. The summed E-state index contributed by atoms with van der Waals surface area (Å²) in [6.07, 6.45) is 0. The van der Waals surface area contributed by atoms with Gasteiger partial charge in [-0.25, -0.2) is 0 Å². The molecule has 2 aromatic carbocycles. The maximum Gasteiger partial charge on any atom is 0.0178 e. The molecule has 0 bridgehead atoms. The summed E-state index contributed by atoms with van der Waals surface area (Å²) in [5, 5.41) is 0. The predicted molar refractivity (Wildman–Crippen MR) is 69.6 cm³/mol. The highest BCUT2D eigenvalue weighted by Crippen LogP contribution is 2.28. The van der Waals surface area contributed by atoms with Gasteiger partial charge >= 0.3 is 0 Å². The van der Waals surface area contributed by atoms with Gasteiger partial charge in [0.05, 0.1) is 0 Å². The van der Waals surface area contributed by atoms with Crippen molar-refractivity contribution >= 4 is 11.8 Å². The van der Waals surface area contributed by atoms with Gasteiger partial charge in [0.2, 0.25) is 0 Å². The summed E-state index contributed by atoms with van der Waals surface area (Å²) in [5.74, 6) is 0. The summed E-state index contributed by atoms with van der Waals surface area (Å²) in [4.78, 5) is 2.52. The van der Waals surface area contributed by atoms with E-state index in [1.807, 2.05) is 0 Å². The van der Waals surface area contributed by atoms with Crippen LogP contribution in [0.15, 0.2) is 58.3 Å². The topological polar surface area (TPSA) is 26.0 Å². The minimum absolute atomic E-state index is 0.599. The molecule has 2 N–H and O–H groups in total. The molecule has 0 atom stereocenters. The van der Waals surface area contributed by atoms with Crippen LogP contribution in [0.4, 0.5) is 0 Å². The summed E-state index contributed by atoms with van der Waals surface area (Å²) in [7, 11) is 0. The molecule has 0 aliphatic carbocycles. The molecule has 0 radical (unpaired) electrons. The highest BCUT2D eigenvalue weighted by Gasteiger charge is 1.98. The minimum Gasteiger partial charge on any atom is -0.326 e.